The van der Waals surface area contributed by atoms with Crippen molar-refractivity contribution in [1.29, 1.82) is 0 Å². The molecule has 1 aliphatic rings. The zero-order valence-electron chi connectivity index (χ0n) is 19.1. The van der Waals surface area contributed by atoms with E-state index in [2.05, 4.69) is 15.2 Å². The molecule has 2 unspecified atom stereocenters. The predicted octanol–water partition coefficient (Wildman–Crippen LogP) is 5.28. The van der Waals surface area contributed by atoms with Crippen molar-refractivity contribution >= 4 is 43.3 Å². The van der Waals surface area contributed by atoms with Crippen molar-refractivity contribution in [3.05, 3.63) is 58.7 Å². The summed E-state index contributed by atoms with van der Waals surface area (Å²) >= 11 is 1.31. The van der Waals surface area contributed by atoms with Crippen LogP contribution in [0.25, 0.3) is 16.2 Å². The van der Waals surface area contributed by atoms with Crippen LogP contribution in [-0.4, -0.2) is 45.4 Å². The van der Waals surface area contributed by atoms with Gasteiger partial charge in [0.1, 0.15) is 22.5 Å². The second-order valence-electron chi connectivity index (χ2n) is 7.93. The molecule has 8 nitrogen and oxygen atoms in total. The van der Waals surface area contributed by atoms with Gasteiger partial charge in [-0.2, -0.15) is 0 Å². The molecule has 4 heterocycles. The number of fused-ring (bicyclic) bond motifs is 1. The molecule has 2 atom stereocenters. The van der Waals surface area contributed by atoms with Crippen LogP contribution in [-0.2, 0) is 4.74 Å². The summed E-state index contributed by atoms with van der Waals surface area (Å²) in [5.41, 5.74) is 1.78. The minimum Gasteiger partial charge on any atom is -0.461 e. The Morgan fingerprint density at radius 2 is 2.17 bits per heavy atom. The lowest BCUT2D eigenvalue weighted by Gasteiger charge is -2.26. The van der Waals surface area contributed by atoms with Crippen molar-refractivity contribution < 1.29 is 18.3 Å². The zero-order chi connectivity index (χ0) is 24.5. The molecule has 35 heavy (non-hydrogen) atoms. The van der Waals surface area contributed by atoms with E-state index >= 15 is 0 Å². The average Bonchev–Trinajstić information content (AvgIpc) is 3.58. The highest BCUT2D eigenvalue weighted by atomic mass is 32.1. The number of thiazole rings is 1. The van der Waals surface area contributed by atoms with Gasteiger partial charge in [-0.1, -0.05) is 0 Å². The maximum Gasteiger partial charge on any atom is 0.357 e. The highest BCUT2D eigenvalue weighted by Crippen LogP contribution is 2.39. The highest BCUT2D eigenvalue weighted by Gasteiger charge is 2.30. The maximum absolute atomic E-state index is 14.6. The Bertz CT molecular complexity index is 1390. The lowest BCUT2D eigenvalue weighted by Crippen LogP contribution is -2.24. The molecule has 1 N–H and O–H groups in total. The fourth-order valence-electron chi connectivity index (χ4n) is 4.30. The number of carbonyl (C=O) groups is 1. The van der Waals surface area contributed by atoms with Gasteiger partial charge in [-0.15, -0.1) is 16.4 Å². The zero-order valence-corrected chi connectivity index (χ0v) is 20.9. The molecule has 1 aliphatic heterocycles. The van der Waals surface area contributed by atoms with Crippen molar-refractivity contribution in [2.75, 3.05) is 29.8 Å². The SMILES string of the molecule is CCOC(=O)c1csc(-c2c(NPC)nn3ccc(N4CCCC4c4cc(F)ccc4F)nc23)n1. The third-order valence-electron chi connectivity index (χ3n) is 5.78. The minimum absolute atomic E-state index is 0.230. The minimum atomic E-state index is -0.482. The van der Waals surface area contributed by atoms with E-state index in [1.807, 2.05) is 17.6 Å². The van der Waals surface area contributed by atoms with Crippen LogP contribution in [0.1, 0.15) is 41.9 Å². The van der Waals surface area contributed by atoms with E-state index in [1.165, 1.54) is 23.5 Å². The van der Waals surface area contributed by atoms with Gasteiger partial charge in [0.2, 0.25) is 0 Å². The third-order valence-corrected chi connectivity index (χ3v) is 7.13. The molecule has 3 aromatic heterocycles. The summed E-state index contributed by atoms with van der Waals surface area (Å²) in [7, 11) is 0.384. The molecule has 5 rings (SSSR count). The van der Waals surface area contributed by atoms with E-state index < -0.39 is 17.6 Å². The van der Waals surface area contributed by atoms with Crippen molar-refractivity contribution in [2.24, 2.45) is 0 Å². The number of nitrogens with zero attached hydrogens (tertiary/aromatic N) is 5. The number of halogens is 2. The van der Waals surface area contributed by atoms with Gasteiger partial charge in [-0.05, 0) is 59.4 Å². The van der Waals surface area contributed by atoms with E-state index in [-0.39, 0.29) is 18.3 Å². The van der Waals surface area contributed by atoms with E-state index in [0.717, 1.165) is 12.5 Å². The lowest BCUT2D eigenvalue weighted by atomic mass is 10.0. The summed E-state index contributed by atoms with van der Waals surface area (Å²) in [6.45, 7) is 4.66. The van der Waals surface area contributed by atoms with Gasteiger partial charge in [0.25, 0.3) is 0 Å². The van der Waals surface area contributed by atoms with E-state index in [0.29, 0.717) is 55.1 Å². The first-order valence-corrected chi connectivity index (χ1v) is 13.5. The highest BCUT2D eigenvalue weighted by molar-refractivity contribution is 7.38. The molecule has 0 spiro atoms. The fourth-order valence-corrected chi connectivity index (χ4v) is 5.54. The Kier molecular flexibility index (Phi) is 6.62. The van der Waals surface area contributed by atoms with Crippen LogP contribution in [0.3, 0.4) is 0 Å². The third kappa shape index (κ3) is 4.46. The maximum atomic E-state index is 14.6. The molecule has 0 bridgehead atoms. The van der Waals surface area contributed by atoms with Crippen LogP contribution in [0.4, 0.5) is 20.4 Å². The summed E-state index contributed by atoms with van der Waals surface area (Å²) in [6, 6.07) is 5.06. The van der Waals surface area contributed by atoms with Crippen molar-refractivity contribution in [3.8, 4) is 10.6 Å². The summed E-state index contributed by atoms with van der Waals surface area (Å²) in [6.07, 6.45) is 3.32. The molecule has 12 heteroatoms. The summed E-state index contributed by atoms with van der Waals surface area (Å²) in [4.78, 5) is 23.5. The van der Waals surface area contributed by atoms with E-state index in [4.69, 9.17) is 9.72 Å². The van der Waals surface area contributed by atoms with E-state index in [9.17, 15) is 13.6 Å². The smallest absolute Gasteiger partial charge is 0.357 e. The molecular weight excluding hydrogens is 493 g/mol. The second kappa shape index (κ2) is 9.83. The van der Waals surface area contributed by atoms with Crippen molar-refractivity contribution in [1.82, 2.24) is 19.6 Å². The molecule has 4 aromatic rings. The number of aromatic nitrogens is 4. The second-order valence-corrected chi connectivity index (χ2v) is 9.54. The van der Waals surface area contributed by atoms with E-state index in [1.54, 1.807) is 23.0 Å². The first kappa shape index (κ1) is 23.6. The molecule has 1 fully saturated rings. The number of carbonyl (C=O) groups excluding carboxylic acids is 1. The molecule has 0 aliphatic carbocycles. The van der Waals surface area contributed by atoms with Crippen LogP contribution in [0.15, 0.2) is 35.8 Å². The monoisotopic (exact) mass is 516 g/mol. The Morgan fingerprint density at radius 3 is 2.97 bits per heavy atom. The van der Waals surface area contributed by atoms with Gasteiger partial charge < -0.3 is 14.7 Å². The molecule has 0 radical (unpaired) electrons. The van der Waals surface area contributed by atoms with Crippen LogP contribution >= 0.6 is 20.1 Å². The Balaban J connectivity index is 1.58. The lowest BCUT2D eigenvalue weighted by molar-refractivity contribution is 0.0520. The van der Waals surface area contributed by atoms with Crippen LogP contribution in [0.5, 0.6) is 0 Å². The normalized spacial score (nSPS) is 16.0. The van der Waals surface area contributed by atoms with Gasteiger partial charge in [-0.3, -0.25) is 0 Å². The summed E-state index contributed by atoms with van der Waals surface area (Å²) in [5, 5.41) is 10.1. The number of hydrogen-bond donors (Lipinski definition) is 1. The number of esters is 1. The standard InChI is InChI=1S/C23H23F2N6O2PS/c1-3-33-23(32)16-12-35-22(26-16)19-20(29-34-2)28-31-10-8-18(27-21(19)31)30-9-4-5-17(30)14-11-13(24)6-7-15(14)25/h6-8,10-12,17,34H,3-5,9H2,1-2H3,(H,28,29). The van der Waals surface area contributed by atoms with Crippen LogP contribution in [0.2, 0.25) is 0 Å². The number of benzene rings is 1. The summed E-state index contributed by atoms with van der Waals surface area (Å²) in [5.74, 6) is -0.137. The average molecular weight is 517 g/mol. The van der Waals surface area contributed by atoms with Crippen molar-refractivity contribution in [2.45, 2.75) is 25.8 Å². The Hall–Kier alpha value is -3.17. The Labute approximate surface area is 206 Å². The molecule has 0 saturated carbocycles. The Morgan fingerprint density at radius 1 is 1.31 bits per heavy atom. The van der Waals surface area contributed by atoms with Gasteiger partial charge in [0.05, 0.1) is 18.2 Å². The molecular formula is C23H23F2N6O2PS. The first-order valence-electron chi connectivity index (χ1n) is 11.2. The largest absolute Gasteiger partial charge is 0.461 e. The fraction of sp³-hybridized carbons (Fsp3) is 0.304. The molecule has 1 saturated heterocycles. The van der Waals surface area contributed by atoms with Crippen LogP contribution in [0, 0.1) is 11.6 Å². The van der Waals surface area contributed by atoms with Crippen molar-refractivity contribution in [3.63, 3.8) is 0 Å². The molecule has 1 aromatic carbocycles. The molecule has 0 amide bonds. The first-order chi connectivity index (χ1) is 17.0. The van der Waals surface area contributed by atoms with Gasteiger partial charge in [-0.25, -0.2) is 28.1 Å². The quantitative estimate of drug-likeness (QED) is 0.264. The number of nitrogens with one attached hydrogen (secondary N) is 1. The predicted molar refractivity (Wildman–Crippen MR) is 134 cm³/mol. The number of hydrogen-bond acceptors (Lipinski definition) is 8. The van der Waals surface area contributed by atoms with Gasteiger partial charge in [0, 0.05) is 23.7 Å². The van der Waals surface area contributed by atoms with Gasteiger partial charge >= 0.3 is 5.97 Å². The topological polar surface area (TPSA) is 84.6 Å². The van der Waals surface area contributed by atoms with Gasteiger partial charge in [0.15, 0.2) is 17.2 Å². The number of ether oxygens (including phenoxy) is 1. The summed E-state index contributed by atoms with van der Waals surface area (Å²) < 4.78 is 35.2. The number of rotatable bonds is 7. The number of anilines is 2. The molecule has 182 valence electrons. The van der Waals surface area contributed by atoms with Crippen LogP contribution < -0.4 is 9.99 Å².